The predicted octanol–water partition coefficient (Wildman–Crippen LogP) is 2.37. The molecule has 0 radical (unpaired) electrons. The van der Waals surface area contributed by atoms with Crippen molar-refractivity contribution >= 4 is 0 Å². The Morgan fingerprint density at radius 3 is 1.39 bits per heavy atom. The predicted molar refractivity (Wildman–Crippen MR) is 71.1 cm³/mol. The van der Waals surface area contributed by atoms with Crippen LogP contribution < -0.4 is 0 Å². The summed E-state index contributed by atoms with van der Waals surface area (Å²) in [7, 11) is 0. The van der Waals surface area contributed by atoms with Gasteiger partial charge in [0.2, 0.25) is 0 Å². The van der Waals surface area contributed by atoms with E-state index in [-0.39, 0.29) is 13.2 Å². The topological polar surface area (TPSA) is 60.7 Å². The molecular formula is C15H18O3. The van der Waals surface area contributed by atoms with Crippen LogP contribution in [0.4, 0.5) is 0 Å². The van der Waals surface area contributed by atoms with E-state index >= 15 is 0 Å². The van der Waals surface area contributed by atoms with Crippen LogP contribution >= 0.6 is 0 Å². The molecule has 3 N–H and O–H groups in total. The minimum atomic E-state index is 0.0612. The van der Waals surface area contributed by atoms with E-state index in [9.17, 15) is 0 Å². The van der Waals surface area contributed by atoms with E-state index in [0.717, 1.165) is 11.1 Å². The van der Waals surface area contributed by atoms with Crippen molar-refractivity contribution in [3.8, 4) is 5.75 Å². The van der Waals surface area contributed by atoms with E-state index in [1.54, 1.807) is 36.4 Å². The van der Waals surface area contributed by atoms with Crippen LogP contribution in [0.2, 0.25) is 0 Å². The van der Waals surface area contributed by atoms with Crippen molar-refractivity contribution in [2.45, 2.75) is 20.1 Å². The van der Waals surface area contributed by atoms with Crippen LogP contribution in [0.3, 0.4) is 0 Å². The Labute approximate surface area is 107 Å². The van der Waals surface area contributed by atoms with Crippen LogP contribution in [0.5, 0.6) is 5.75 Å². The smallest absolute Gasteiger partial charge is 0.115 e. The van der Waals surface area contributed by atoms with Gasteiger partial charge in [0.1, 0.15) is 5.75 Å². The Hall–Kier alpha value is -1.84. The Kier molecular flexibility index (Phi) is 5.91. The molecule has 2 rings (SSSR count). The number of phenolic OH excluding ortho intramolecular Hbond substituents is 1. The first-order chi connectivity index (χ1) is 8.65. The lowest BCUT2D eigenvalue weighted by Gasteiger charge is -1.96. The summed E-state index contributed by atoms with van der Waals surface area (Å²) in [5.41, 5.74) is 2.91. The van der Waals surface area contributed by atoms with Gasteiger partial charge in [-0.3, -0.25) is 0 Å². The molecule has 0 spiro atoms. The van der Waals surface area contributed by atoms with Gasteiger partial charge in [-0.05, 0) is 30.2 Å². The molecular weight excluding hydrogens is 228 g/mol. The fourth-order valence-corrected chi connectivity index (χ4v) is 1.29. The van der Waals surface area contributed by atoms with Gasteiger partial charge in [0.05, 0.1) is 13.2 Å². The number of aliphatic hydroxyl groups excluding tert-OH is 2. The average Bonchev–Trinajstić information content (AvgIpc) is 2.43. The Morgan fingerprint density at radius 1 is 0.722 bits per heavy atom. The molecule has 0 aliphatic rings. The van der Waals surface area contributed by atoms with E-state index in [1.165, 1.54) is 5.56 Å². The quantitative estimate of drug-likeness (QED) is 0.762. The number of hydrogen-bond acceptors (Lipinski definition) is 3. The second kappa shape index (κ2) is 7.48. The largest absolute Gasteiger partial charge is 0.508 e. The zero-order chi connectivity index (χ0) is 13.4. The van der Waals surface area contributed by atoms with E-state index < -0.39 is 0 Å². The van der Waals surface area contributed by atoms with Crippen LogP contribution in [0.25, 0.3) is 0 Å². The number of benzene rings is 2. The molecule has 0 saturated carbocycles. The molecule has 0 fully saturated rings. The number of aryl methyl sites for hydroxylation is 1. The first-order valence-electron chi connectivity index (χ1n) is 5.71. The minimum absolute atomic E-state index is 0.0612. The summed E-state index contributed by atoms with van der Waals surface area (Å²) in [4.78, 5) is 0. The van der Waals surface area contributed by atoms with Crippen molar-refractivity contribution in [3.63, 3.8) is 0 Å². The van der Waals surface area contributed by atoms with Crippen LogP contribution in [-0.2, 0) is 13.2 Å². The Morgan fingerprint density at radius 2 is 1.11 bits per heavy atom. The van der Waals surface area contributed by atoms with E-state index in [2.05, 4.69) is 0 Å². The third-order valence-corrected chi connectivity index (χ3v) is 2.42. The maximum atomic E-state index is 8.76. The van der Waals surface area contributed by atoms with E-state index in [0.29, 0.717) is 5.75 Å². The van der Waals surface area contributed by atoms with E-state index in [4.69, 9.17) is 15.3 Å². The lowest BCUT2D eigenvalue weighted by Crippen LogP contribution is -1.85. The van der Waals surface area contributed by atoms with Crippen molar-refractivity contribution in [1.29, 1.82) is 0 Å². The number of phenols is 1. The highest BCUT2D eigenvalue weighted by Gasteiger charge is 1.89. The highest BCUT2D eigenvalue weighted by molar-refractivity contribution is 5.24. The van der Waals surface area contributed by atoms with Crippen molar-refractivity contribution < 1.29 is 15.3 Å². The zero-order valence-corrected chi connectivity index (χ0v) is 10.4. The number of hydrogen-bond donors (Lipinski definition) is 3. The molecule has 0 saturated heterocycles. The van der Waals surface area contributed by atoms with Gasteiger partial charge >= 0.3 is 0 Å². The molecule has 18 heavy (non-hydrogen) atoms. The molecule has 0 bridgehead atoms. The lowest BCUT2D eigenvalue weighted by molar-refractivity contribution is 0.278. The summed E-state index contributed by atoms with van der Waals surface area (Å²) in [6.07, 6.45) is 0. The molecule has 96 valence electrons. The second-order valence-corrected chi connectivity index (χ2v) is 3.97. The van der Waals surface area contributed by atoms with Gasteiger partial charge in [-0.15, -0.1) is 0 Å². The molecule has 2 aromatic rings. The normalized spacial score (nSPS) is 9.50. The Bertz CT molecular complexity index is 402. The summed E-state index contributed by atoms with van der Waals surface area (Å²) in [6, 6.07) is 14.3. The maximum absolute atomic E-state index is 8.76. The molecule has 0 unspecified atom stereocenters. The standard InChI is InChI=1S/C8H10O2.C7H8O/c9-5-7-1-2-8(6-10)4-3-7;1-6-2-4-7(8)5-3-6/h1-4,9-10H,5-6H2;2-5,8H,1H3. The molecule has 0 aliphatic heterocycles. The molecule has 0 heterocycles. The molecule has 0 aromatic heterocycles. The Balaban J connectivity index is 0.000000184. The molecule has 0 atom stereocenters. The van der Waals surface area contributed by atoms with Gasteiger partial charge < -0.3 is 15.3 Å². The number of aromatic hydroxyl groups is 1. The fraction of sp³-hybridized carbons (Fsp3) is 0.200. The van der Waals surface area contributed by atoms with Gasteiger partial charge in [-0.1, -0.05) is 42.0 Å². The summed E-state index contributed by atoms with van der Waals surface area (Å²) in [6.45, 7) is 2.11. The highest BCUT2D eigenvalue weighted by Crippen LogP contribution is 2.07. The fourth-order valence-electron chi connectivity index (χ4n) is 1.29. The summed E-state index contributed by atoms with van der Waals surface area (Å²) in [5, 5.41) is 26.0. The van der Waals surface area contributed by atoms with Crippen molar-refractivity contribution in [2.75, 3.05) is 0 Å². The van der Waals surface area contributed by atoms with Gasteiger partial charge in [0.25, 0.3) is 0 Å². The average molecular weight is 246 g/mol. The van der Waals surface area contributed by atoms with Gasteiger partial charge in [0, 0.05) is 0 Å². The van der Waals surface area contributed by atoms with Gasteiger partial charge in [-0.2, -0.15) is 0 Å². The molecule has 3 nitrogen and oxygen atoms in total. The van der Waals surface area contributed by atoms with Crippen molar-refractivity contribution in [1.82, 2.24) is 0 Å². The number of rotatable bonds is 2. The molecule has 2 aromatic carbocycles. The monoisotopic (exact) mass is 246 g/mol. The first kappa shape index (κ1) is 14.2. The van der Waals surface area contributed by atoms with Crippen LogP contribution in [0.1, 0.15) is 16.7 Å². The van der Waals surface area contributed by atoms with Crippen LogP contribution in [-0.4, -0.2) is 15.3 Å². The van der Waals surface area contributed by atoms with Crippen molar-refractivity contribution in [2.24, 2.45) is 0 Å². The maximum Gasteiger partial charge on any atom is 0.115 e. The number of aliphatic hydroxyl groups is 2. The van der Waals surface area contributed by atoms with Gasteiger partial charge in [0.15, 0.2) is 0 Å². The highest BCUT2D eigenvalue weighted by atomic mass is 16.3. The molecule has 0 aliphatic carbocycles. The third-order valence-electron chi connectivity index (χ3n) is 2.42. The van der Waals surface area contributed by atoms with Crippen LogP contribution in [0.15, 0.2) is 48.5 Å². The van der Waals surface area contributed by atoms with Crippen molar-refractivity contribution in [3.05, 3.63) is 65.2 Å². The molecule has 3 heteroatoms. The summed E-state index contributed by atoms with van der Waals surface area (Å²) >= 11 is 0. The lowest BCUT2D eigenvalue weighted by atomic mass is 10.1. The zero-order valence-electron chi connectivity index (χ0n) is 10.4. The second-order valence-electron chi connectivity index (χ2n) is 3.97. The minimum Gasteiger partial charge on any atom is -0.508 e. The van der Waals surface area contributed by atoms with Gasteiger partial charge in [-0.25, -0.2) is 0 Å². The summed E-state index contributed by atoms with van der Waals surface area (Å²) in [5.74, 6) is 0.329. The SMILES string of the molecule is Cc1ccc(O)cc1.OCc1ccc(CO)cc1. The van der Waals surface area contributed by atoms with Crippen LogP contribution in [0, 0.1) is 6.92 Å². The van der Waals surface area contributed by atoms with E-state index in [1.807, 2.05) is 19.1 Å². The molecule has 0 amide bonds. The third kappa shape index (κ3) is 4.99. The summed E-state index contributed by atoms with van der Waals surface area (Å²) < 4.78 is 0. The first-order valence-corrected chi connectivity index (χ1v) is 5.71.